The van der Waals surface area contributed by atoms with Crippen molar-refractivity contribution < 1.29 is 130 Å². The molecule has 0 aliphatic heterocycles. The summed E-state index contributed by atoms with van der Waals surface area (Å²) in [7, 11) is 2.72. The highest BCUT2D eigenvalue weighted by Crippen LogP contribution is 2.34. The number of hydrogen-bond donors (Lipinski definition) is 8. The molecule has 39 heteroatoms. The first kappa shape index (κ1) is 84.2. The molecule has 4 atom stereocenters. The summed E-state index contributed by atoms with van der Waals surface area (Å²) in [6, 6.07) is 9.30. The number of alkyl carbamates (subject to hydrolysis) is 4. The number of aliphatic carboxylic acids is 4. The number of rotatable bonds is 26. The molecule has 0 radical (unpaired) electrons. The SMILES string of the molecule is CC(C)(C)OC(=O)N[C@@H](COc1cccc(F)c1[N+](=O)[O-])C(=O)O.COc1ccc(OC[C@H](NC(=O)OC(C)(C)C)C(=O)O)c([N+](=O)[O-])c1.COc1ccc([N+](=O)[O-])c(OC[C@H](NC(=O)OC(C)(C)C)C(=O)O)c1.Cc1cccc([N+](=O)[O-])c1OC[C@H](NC(=O)OC(C)(C)C)C(=O)O. The van der Waals surface area contributed by atoms with Crippen LogP contribution in [0.5, 0.6) is 34.5 Å². The summed E-state index contributed by atoms with van der Waals surface area (Å²) >= 11 is 0. The van der Waals surface area contributed by atoms with Gasteiger partial charge in [-0.1, -0.05) is 18.2 Å². The van der Waals surface area contributed by atoms with Crippen molar-refractivity contribution in [1.29, 1.82) is 0 Å². The van der Waals surface area contributed by atoms with Crippen LogP contribution in [0.4, 0.5) is 46.3 Å². The number of carboxylic acid groups (broad SMARTS) is 4. The maximum Gasteiger partial charge on any atom is 0.408 e. The van der Waals surface area contributed by atoms with Crippen LogP contribution in [0.2, 0.25) is 0 Å². The van der Waals surface area contributed by atoms with Crippen LogP contribution < -0.4 is 49.7 Å². The van der Waals surface area contributed by atoms with Crippen LogP contribution in [-0.4, -0.2) is 176 Å². The van der Waals surface area contributed by atoms with Gasteiger partial charge in [0.25, 0.3) is 0 Å². The number of carboxylic acids is 4. The van der Waals surface area contributed by atoms with Gasteiger partial charge in [-0.3, -0.25) is 40.5 Å². The van der Waals surface area contributed by atoms with Gasteiger partial charge in [-0.25, -0.2) is 38.4 Å². The van der Waals surface area contributed by atoms with Crippen LogP contribution in [0.15, 0.2) is 72.8 Å². The lowest BCUT2D eigenvalue weighted by Crippen LogP contribution is -2.46. The lowest BCUT2D eigenvalue weighted by Gasteiger charge is -2.22. The number of carbonyl (C=O) groups is 8. The minimum atomic E-state index is -1.54. The quantitative estimate of drug-likeness (QED) is 0.0166. The number of para-hydroxylation sites is 2. The van der Waals surface area contributed by atoms with Crippen molar-refractivity contribution in [3.63, 3.8) is 0 Å². The second-order valence-electron chi connectivity index (χ2n) is 23.6. The van der Waals surface area contributed by atoms with Gasteiger partial charge in [-0.05, 0) is 126 Å². The van der Waals surface area contributed by atoms with E-state index in [-0.39, 0.29) is 40.1 Å². The van der Waals surface area contributed by atoms with Crippen molar-refractivity contribution >= 4 is 71.0 Å². The maximum absolute atomic E-state index is 13.5. The molecule has 4 aromatic carbocycles. The largest absolute Gasteiger partial charge is 0.497 e. The molecule has 98 heavy (non-hydrogen) atoms. The fourth-order valence-corrected chi connectivity index (χ4v) is 6.72. The van der Waals surface area contributed by atoms with Crippen LogP contribution in [-0.2, 0) is 38.1 Å². The maximum atomic E-state index is 13.5. The molecule has 0 aromatic heterocycles. The molecule has 4 aromatic rings. The molecule has 0 bridgehead atoms. The standard InChI is InChI=1S/2C15H20N2O8.C15H20N2O7.C14H17FN2O7/c1-15(2,3)25-14(20)16-10(13(18)19)8-24-12-6-5-9(23-4)7-11(12)17(21)22;1-15(2,3)25-14(20)16-10(13(18)19)8-24-12-7-9(23-4)5-6-11(12)17(21)22;1-9-6-5-7-11(17(21)22)12(9)23-8-10(13(18)19)16-14(20)24-15(2,3)4;1-14(2,3)24-13(20)16-9(12(18)19)7-23-10-6-4-5-8(15)11(10)17(21)22/h2*5-7,10H,8H2,1-4H3,(H,16,20)(H,18,19);5-7,10H,8H2,1-4H3,(H,16,20)(H,18,19);4-6,9H,7H2,1-3H3,(H,16,20)(H,18,19)/t3*10-;9-/m0000/s1. The smallest absolute Gasteiger partial charge is 0.408 e. The monoisotopic (exact) mass is 1400 g/mol. The van der Waals surface area contributed by atoms with E-state index in [9.17, 15) is 83.2 Å². The molecule has 0 saturated heterocycles. The van der Waals surface area contributed by atoms with Crippen LogP contribution >= 0.6 is 0 Å². The first-order valence-corrected chi connectivity index (χ1v) is 28.3. The number of nitro benzene ring substituents is 4. The molecule has 0 unspecified atom stereocenters. The molecule has 540 valence electrons. The topological polar surface area (TPSA) is 530 Å². The van der Waals surface area contributed by atoms with Gasteiger partial charge in [0.15, 0.2) is 41.4 Å². The highest BCUT2D eigenvalue weighted by molar-refractivity contribution is 5.82. The Bertz CT molecular complexity index is 3490. The summed E-state index contributed by atoms with van der Waals surface area (Å²) in [6.45, 7) is 18.8. The van der Waals surface area contributed by atoms with Gasteiger partial charge in [0, 0.05) is 18.2 Å². The van der Waals surface area contributed by atoms with Crippen molar-refractivity contribution in [2.45, 2.75) is 137 Å². The van der Waals surface area contributed by atoms with Crippen molar-refractivity contribution in [3.8, 4) is 34.5 Å². The highest BCUT2D eigenvalue weighted by Gasteiger charge is 2.32. The van der Waals surface area contributed by atoms with Gasteiger partial charge in [-0.2, -0.15) is 4.39 Å². The second kappa shape index (κ2) is 37.9. The van der Waals surface area contributed by atoms with E-state index in [1.165, 1.54) is 62.8 Å². The van der Waals surface area contributed by atoms with E-state index >= 15 is 0 Å². The Hall–Kier alpha value is -11.8. The van der Waals surface area contributed by atoms with E-state index in [1.807, 2.05) is 0 Å². The lowest BCUT2D eigenvalue weighted by molar-refractivity contribution is -0.388. The third-order valence-electron chi connectivity index (χ3n) is 10.8. The van der Waals surface area contributed by atoms with E-state index in [4.69, 9.17) is 67.8 Å². The number of hydrogen-bond acceptors (Lipinski definition) is 26. The normalized spacial score (nSPS) is 12.1. The molecule has 0 fully saturated rings. The molecule has 0 saturated carbocycles. The number of benzene rings is 4. The van der Waals surface area contributed by atoms with E-state index in [0.29, 0.717) is 11.3 Å². The Balaban J connectivity index is 0.000000653. The lowest BCUT2D eigenvalue weighted by atomic mass is 10.2. The Morgan fingerprint density at radius 2 is 0.765 bits per heavy atom. The number of carbonyl (C=O) groups excluding carboxylic acids is 4. The minimum absolute atomic E-state index is 0.0419. The average Bonchev–Trinajstić information content (AvgIpc) is 0.864. The number of nitrogens with one attached hydrogen (secondary N) is 4. The third kappa shape index (κ3) is 32.3. The summed E-state index contributed by atoms with van der Waals surface area (Å²) in [4.78, 5) is 132. The second-order valence-corrected chi connectivity index (χ2v) is 23.6. The van der Waals surface area contributed by atoms with Gasteiger partial charge < -0.3 is 89.1 Å². The van der Waals surface area contributed by atoms with Crippen LogP contribution in [0.1, 0.15) is 88.6 Å². The van der Waals surface area contributed by atoms with Gasteiger partial charge in [0.05, 0.1) is 40.0 Å². The van der Waals surface area contributed by atoms with E-state index in [2.05, 4.69) is 21.3 Å². The predicted molar refractivity (Wildman–Crippen MR) is 335 cm³/mol. The summed E-state index contributed by atoms with van der Waals surface area (Å²) < 4.78 is 63.9. The van der Waals surface area contributed by atoms with Crippen LogP contribution in [0, 0.1) is 53.2 Å². The highest BCUT2D eigenvalue weighted by atomic mass is 19.1. The molecule has 0 aliphatic rings. The first-order chi connectivity index (χ1) is 45.1. The third-order valence-corrected chi connectivity index (χ3v) is 10.8. The average molecular weight is 1400 g/mol. The van der Waals surface area contributed by atoms with Crippen molar-refractivity contribution in [2.24, 2.45) is 0 Å². The number of nitrogens with zero attached hydrogens (tertiary/aromatic N) is 4. The number of ether oxygens (including phenoxy) is 10. The van der Waals surface area contributed by atoms with E-state index in [0.717, 1.165) is 18.2 Å². The Morgan fingerprint density at radius 1 is 0.429 bits per heavy atom. The number of halogens is 1. The number of methoxy groups -OCH3 is 2. The van der Waals surface area contributed by atoms with E-state index in [1.54, 1.807) is 96.1 Å². The van der Waals surface area contributed by atoms with Gasteiger partial charge in [0.1, 0.15) is 60.3 Å². The fraction of sp³-hybridized carbons (Fsp3) is 0.458. The molecule has 0 aliphatic carbocycles. The van der Waals surface area contributed by atoms with Gasteiger partial charge in [-0.15, -0.1) is 0 Å². The molecule has 4 rings (SSSR count). The zero-order valence-electron chi connectivity index (χ0n) is 55.6. The summed E-state index contributed by atoms with van der Waals surface area (Å²) in [5.41, 5.74) is -4.70. The first-order valence-electron chi connectivity index (χ1n) is 28.3. The zero-order chi connectivity index (χ0) is 75.4. The van der Waals surface area contributed by atoms with Crippen molar-refractivity contribution in [2.75, 3.05) is 40.6 Å². The Labute approximate surface area is 557 Å². The van der Waals surface area contributed by atoms with Gasteiger partial charge >= 0.3 is 71.0 Å². The molecule has 0 spiro atoms. The zero-order valence-corrected chi connectivity index (χ0v) is 55.6. The van der Waals surface area contributed by atoms with Crippen molar-refractivity contribution in [1.82, 2.24) is 21.3 Å². The van der Waals surface area contributed by atoms with Gasteiger partial charge in [0.2, 0.25) is 11.6 Å². The van der Waals surface area contributed by atoms with Crippen LogP contribution in [0.3, 0.4) is 0 Å². The number of aryl methyl sites for hydroxylation is 1. The Kier molecular flexibility index (Phi) is 32.6. The summed E-state index contributed by atoms with van der Waals surface area (Å²) in [5.74, 6) is -6.94. The molecular weight excluding hydrogens is 1320 g/mol. The number of amides is 4. The minimum Gasteiger partial charge on any atom is -0.497 e. The molecule has 8 N–H and O–H groups in total. The van der Waals surface area contributed by atoms with E-state index < -0.39 is 158 Å². The predicted octanol–water partition coefficient (Wildman–Crippen LogP) is 8.27. The molecular formula is C59H77FN8O30. The summed E-state index contributed by atoms with van der Waals surface area (Å²) in [5, 5.41) is 89.0. The number of nitro groups is 4. The molecule has 38 nitrogen and oxygen atoms in total. The molecule has 4 amide bonds. The van der Waals surface area contributed by atoms with Crippen molar-refractivity contribution in [3.05, 3.63) is 125 Å². The van der Waals surface area contributed by atoms with Crippen LogP contribution in [0.25, 0.3) is 0 Å². The fourth-order valence-electron chi connectivity index (χ4n) is 6.72. The molecule has 0 heterocycles. The summed E-state index contributed by atoms with van der Waals surface area (Å²) in [6.07, 6.45) is -3.79. The Morgan fingerprint density at radius 3 is 1.11 bits per heavy atom.